The highest BCUT2D eigenvalue weighted by Crippen LogP contribution is 2.27. The molecule has 0 fully saturated rings. The maximum atomic E-state index is 13.2. The quantitative estimate of drug-likeness (QED) is 0.267. The molecule has 9 heteroatoms. The van der Waals surface area contributed by atoms with Gasteiger partial charge in [-0.1, -0.05) is 32.8 Å². The number of nitrogens with zero attached hydrogens (tertiary/aromatic N) is 3. The van der Waals surface area contributed by atoms with Gasteiger partial charge in [-0.25, -0.2) is 4.79 Å². The highest BCUT2D eigenvalue weighted by molar-refractivity contribution is 5.98. The third-order valence-corrected chi connectivity index (χ3v) is 5.64. The van der Waals surface area contributed by atoms with E-state index >= 15 is 0 Å². The van der Waals surface area contributed by atoms with Crippen molar-refractivity contribution >= 4 is 11.9 Å². The highest BCUT2D eigenvalue weighted by atomic mass is 16.5. The van der Waals surface area contributed by atoms with Crippen LogP contribution in [0.2, 0.25) is 0 Å². The molecule has 39 heavy (non-hydrogen) atoms. The van der Waals surface area contributed by atoms with Crippen LogP contribution in [0, 0.1) is 34.0 Å². The van der Waals surface area contributed by atoms with Crippen molar-refractivity contribution in [2.24, 2.45) is 0 Å². The van der Waals surface area contributed by atoms with E-state index in [2.05, 4.69) is 11.4 Å². The zero-order valence-electron chi connectivity index (χ0n) is 22.9. The summed E-state index contributed by atoms with van der Waals surface area (Å²) in [5, 5.41) is 31.5. The molecular formula is C30H34N4O5. The number of esters is 1. The van der Waals surface area contributed by atoms with Gasteiger partial charge in [0.15, 0.2) is 5.75 Å². The molecule has 0 bridgehead atoms. The second-order valence-corrected chi connectivity index (χ2v) is 9.19. The van der Waals surface area contributed by atoms with Crippen LogP contribution in [0.15, 0.2) is 30.3 Å². The van der Waals surface area contributed by atoms with Crippen molar-refractivity contribution in [3.63, 3.8) is 0 Å². The molecule has 0 spiro atoms. The van der Waals surface area contributed by atoms with E-state index < -0.39 is 17.9 Å². The molecule has 1 atom stereocenters. The third kappa shape index (κ3) is 9.05. The van der Waals surface area contributed by atoms with Gasteiger partial charge in [0.05, 0.1) is 36.0 Å². The number of benzene rings is 2. The summed E-state index contributed by atoms with van der Waals surface area (Å²) in [5.74, 6) is -0.721. The lowest BCUT2D eigenvalue weighted by atomic mass is 10.0. The fraction of sp³-hybridized carbons (Fsp3) is 0.433. The molecule has 0 unspecified atom stereocenters. The van der Waals surface area contributed by atoms with E-state index in [0.717, 1.165) is 19.3 Å². The largest absolute Gasteiger partial charge is 0.492 e. The van der Waals surface area contributed by atoms with Gasteiger partial charge in [-0.2, -0.15) is 15.8 Å². The molecule has 2 aromatic rings. The summed E-state index contributed by atoms with van der Waals surface area (Å²) in [4.78, 5) is 26.2. The Bertz CT molecular complexity index is 1250. The van der Waals surface area contributed by atoms with E-state index in [9.17, 15) is 25.4 Å². The van der Waals surface area contributed by atoms with Crippen LogP contribution >= 0.6 is 0 Å². The van der Waals surface area contributed by atoms with Gasteiger partial charge in [0, 0.05) is 12.0 Å². The van der Waals surface area contributed by atoms with Gasteiger partial charge < -0.3 is 19.5 Å². The minimum atomic E-state index is -1.07. The van der Waals surface area contributed by atoms with Crippen molar-refractivity contribution in [2.45, 2.75) is 71.9 Å². The first-order chi connectivity index (χ1) is 18.8. The lowest BCUT2D eigenvalue weighted by Crippen LogP contribution is -2.43. The van der Waals surface area contributed by atoms with E-state index in [0.29, 0.717) is 29.9 Å². The smallest absolute Gasteiger partial charge is 0.328 e. The fourth-order valence-electron chi connectivity index (χ4n) is 3.62. The van der Waals surface area contributed by atoms with Crippen LogP contribution in [0.25, 0.3) is 0 Å². The van der Waals surface area contributed by atoms with Crippen molar-refractivity contribution in [3.05, 3.63) is 58.1 Å². The molecule has 0 saturated carbocycles. The minimum absolute atomic E-state index is 0.0305. The molecular weight excluding hydrogens is 496 g/mol. The van der Waals surface area contributed by atoms with Gasteiger partial charge in [0.25, 0.3) is 5.91 Å². The number of amides is 1. The molecule has 0 radical (unpaired) electrons. The normalized spacial score (nSPS) is 11.0. The van der Waals surface area contributed by atoms with E-state index in [4.69, 9.17) is 14.2 Å². The number of nitrogens with one attached hydrogen (secondary N) is 1. The molecule has 0 heterocycles. The average molecular weight is 531 g/mol. The number of unbranched alkanes of at least 4 members (excludes halogenated alkanes) is 2. The Morgan fingerprint density at radius 2 is 1.51 bits per heavy atom. The van der Waals surface area contributed by atoms with Crippen molar-refractivity contribution < 1.29 is 23.8 Å². The van der Waals surface area contributed by atoms with Crippen LogP contribution in [0.4, 0.5) is 0 Å². The second kappa shape index (κ2) is 15.6. The number of hydrogen-bond acceptors (Lipinski definition) is 8. The highest BCUT2D eigenvalue weighted by Gasteiger charge is 2.25. The monoisotopic (exact) mass is 530 g/mol. The van der Waals surface area contributed by atoms with E-state index in [1.54, 1.807) is 32.0 Å². The van der Waals surface area contributed by atoms with Crippen LogP contribution in [0.5, 0.6) is 11.5 Å². The second-order valence-electron chi connectivity index (χ2n) is 9.19. The molecule has 9 nitrogen and oxygen atoms in total. The van der Waals surface area contributed by atoms with Crippen LogP contribution in [0.3, 0.4) is 0 Å². The van der Waals surface area contributed by atoms with E-state index in [1.165, 1.54) is 12.1 Å². The molecule has 0 aromatic heterocycles. The lowest BCUT2D eigenvalue weighted by Gasteiger charge is -2.19. The molecule has 0 saturated heterocycles. The number of ether oxygens (including phenoxy) is 3. The van der Waals surface area contributed by atoms with Crippen LogP contribution < -0.4 is 14.8 Å². The van der Waals surface area contributed by atoms with Crippen molar-refractivity contribution in [1.29, 1.82) is 15.8 Å². The molecule has 0 aliphatic heterocycles. The molecule has 2 rings (SSSR count). The maximum Gasteiger partial charge on any atom is 0.328 e. The number of rotatable bonds is 14. The number of hydrogen-bond donors (Lipinski definition) is 1. The Morgan fingerprint density at radius 1 is 0.897 bits per heavy atom. The molecule has 1 amide bonds. The maximum absolute atomic E-state index is 13.2. The average Bonchev–Trinajstić information content (AvgIpc) is 2.93. The Kier molecular flexibility index (Phi) is 12.3. The fourth-order valence-corrected chi connectivity index (χ4v) is 3.62. The molecule has 1 N–H and O–H groups in total. The Morgan fingerprint density at radius 3 is 2.08 bits per heavy atom. The van der Waals surface area contributed by atoms with Crippen molar-refractivity contribution in [3.8, 4) is 29.7 Å². The molecule has 0 aliphatic rings. The zero-order valence-corrected chi connectivity index (χ0v) is 22.9. The van der Waals surface area contributed by atoms with Gasteiger partial charge in [-0.05, 0) is 56.5 Å². The Balaban J connectivity index is 2.35. The molecule has 0 aliphatic carbocycles. The minimum Gasteiger partial charge on any atom is -0.492 e. The first-order valence-corrected chi connectivity index (χ1v) is 13.1. The lowest BCUT2D eigenvalue weighted by molar-refractivity contribution is -0.146. The topological polar surface area (TPSA) is 145 Å². The van der Waals surface area contributed by atoms with Crippen molar-refractivity contribution in [1.82, 2.24) is 5.32 Å². The standard InChI is InChI=1S/C30H34N4O5/c1-5-7-11-37-27-10-9-21(13-23(27)17-31)14-26(30(36)38-12-8-6-2)34-29(35)22-15-24(18-32)28(39-20(3)4)25(16-22)19-33/h9-10,13,15-16,20,26H,5-8,11-12,14H2,1-4H3,(H,34,35)/t26-/m0/s1. The summed E-state index contributed by atoms with van der Waals surface area (Å²) < 4.78 is 16.7. The summed E-state index contributed by atoms with van der Waals surface area (Å²) in [6.07, 6.45) is 3.09. The van der Waals surface area contributed by atoms with Crippen LogP contribution in [0.1, 0.15) is 86.0 Å². The summed E-state index contributed by atoms with van der Waals surface area (Å²) in [6.45, 7) is 8.23. The summed E-state index contributed by atoms with van der Waals surface area (Å²) in [5.41, 5.74) is 1.05. The van der Waals surface area contributed by atoms with Crippen LogP contribution in [-0.2, 0) is 16.0 Å². The van der Waals surface area contributed by atoms with Gasteiger partial charge in [0.1, 0.15) is 30.0 Å². The number of nitriles is 3. The predicted octanol–water partition coefficient (Wildman–Crippen LogP) is 4.95. The Labute approximate surface area is 229 Å². The molecule has 2 aromatic carbocycles. The predicted molar refractivity (Wildman–Crippen MR) is 144 cm³/mol. The van der Waals surface area contributed by atoms with E-state index in [1.807, 2.05) is 26.0 Å². The summed E-state index contributed by atoms with van der Waals surface area (Å²) in [6, 6.07) is 12.7. The summed E-state index contributed by atoms with van der Waals surface area (Å²) in [7, 11) is 0. The first kappa shape index (κ1) is 30.7. The van der Waals surface area contributed by atoms with Crippen LogP contribution in [-0.4, -0.2) is 37.2 Å². The third-order valence-electron chi connectivity index (χ3n) is 5.64. The number of carbonyl (C=O) groups excluding carboxylic acids is 2. The van der Waals surface area contributed by atoms with Crippen molar-refractivity contribution in [2.75, 3.05) is 13.2 Å². The SMILES string of the molecule is CCCCOC(=O)[C@H](Cc1ccc(OCCCC)c(C#N)c1)NC(=O)c1cc(C#N)c(OC(C)C)c(C#N)c1. The Hall–Kier alpha value is -4.55. The first-order valence-electron chi connectivity index (χ1n) is 13.1. The summed E-state index contributed by atoms with van der Waals surface area (Å²) >= 11 is 0. The van der Waals surface area contributed by atoms with Gasteiger partial charge >= 0.3 is 5.97 Å². The van der Waals surface area contributed by atoms with Gasteiger partial charge in [0.2, 0.25) is 0 Å². The zero-order chi connectivity index (χ0) is 28.8. The number of carbonyl (C=O) groups is 2. The van der Waals surface area contributed by atoms with Gasteiger partial charge in [-0.15, -0.1) is 0 Å². The van der Waals surface area contributed by atoms with Gasteiger partial charge in [-0.3, -0.25) is 4.79 Å². The molecule has 204 valence electrons. The van der Waals surface area contributed by atoms with E-state index in [-0.39, 0.29) is 41.6 Å².